The average molecular weight is 445 g/mol. The van der Waals surface area contributed by atoms with E-state index in [1.165, 1.54) is 16.3 Å². The van der Waals surface area contributed by atoms with Crippen molar-refractivity contribution in [3.8, 4) is 11.5 Å². The van der Waals surface area contributed by atoms with Crippen LogP contribution in [0.2, 0.25) is 0 Å². The van der Waals surface area contributed by atoms with Gasteiger partial charge in [0.1, 0.15) is 0 Å². The van der Waals surface area contributed by atoms with Crippen molar-refractivity contribution < 1.29 is 14.3 Å². The molecule has 3 aromatic rings. The SMILES string of the molecule is COc1cc2c(cc1OC)C(=O)N(CC1CCN(CCc3ccc4ccccc4c3)C1)CC2. The Morgan fingerprint density at radius 3 is 2.55 bits per heavy atom. The number of amides is 1. The molecular weight excluding hydrogens is 412 g/mol. The lowest BCUT2D eigenvalue weighted by Gasteiger charge is -2.31. The third-order valence-electron chi connectivity index (χ3n) is 7.16. The number of methoxy groups -OCH3 is 2. The van der Waals surface area contributed by atoms with Crippen molar-refractivity contribution in [2.24, 2.45) is 5.92 Å². The second-order valence-corrected chi connectivity index (χ2v) is 9.25. The van der Waals surface area contributed by atoms with Crippen molar-refractivity contribution in [3.63, 3.8) is 0 Å². The van der Waals surface area contributed by atoms with Gasteiger partial charge in [-0.3, -0.25) is 4.79 Å². The highest BCUT2D eigenvalue weighted by molar-refractivity contribution is 5.97. The molecule has 0 bridgehead atoms. The largest absolute Gasteiger partial charge is 0.493 e. The second kappa shape index (κ2) is 9.44. The van der Waals surface area contributed by atoms with E-state index in [1.54, 1.807) is 14.2 Å². The summed E-state index contributed by atoms with van der Waals surface area (Å²) in [5.41, 5.74) is 3.20. The van der Waals surface area contributed by atoms with Crippen LogP contribution in [0.3, 0.4) is 0 Å². The Kier molecular flexibility index (Phi) is 6.23. The normalized spacial score (nSPS) is 18.5. The van der Waals surface area contributed by atoms with Crippen LogP contribution in [-0.2, 0) is 12.8 Å². The molecule has 1 amide bonds. The first kappa shape index (κ1) is 21.8. The zero-order valence-corrected chi connectivity index (χ0v) is 19.5. The Hall–Kier alpha value is -3.05. The number of hydrogen-bond acceptors (Lipinski definition) is 4. The van der Waals surface area contributed by atoms with Crippen LogP contribution in [0, 0.1) is 5.92 Å². The molecule has 3 aromatic carbocycles. The van der Waals surface area contributed by atoms with Crippen LogP contribution in [-0.4, -0.2) is 62.7 Å². The number of fused-ring (bicyclic) bond motifs is 2. The molecule has 33 heavy (non-hydrogen) atoms. The van der Waals surface area contributed by atoms with Crippen LogP contribution in [0.5, 0.6) is 11.5 Å². The van der Waals surface area contributed by atoms with Crippen LogP contribution in [0.4, 0.5) is 0 Å². The molecule has 5 nitrogen and oxygen atoms in total. The Morgan fingerprint density at radius 2 is 1.73 bits per heavy atom. The average Bonchev–Trinajstić information content (AvgIpc) is 3.31. The van der Waals surface area contributed by atoms with Crippen molar-refractivity contribution in [1.82, 2.24) is 9.80 Å². The number of nitrogens with zero attached hydrogens (tertiary/aromatic N) is 2. The third-order valence-corrected chi connectivity index (χ3v) is 7.16. The molecule has 0 saturated carbocycles. The smallest absolute Gasteiger partial charge is 0.254 e. The molecule has 5 heteroatoms. The highest BCUT2D eigenvalue weighted by Crippen LogP contribution is 2.33. The first-order valence-corrected chi connectivity index (χ1v) is 11.9. The van der Waals surface area contributed by atoms with Gasteiger partial charge in [-0.25, -0.2) is 0 Å². The standard InChI is InChI=1S/C28H32N2O3/c1-32-26-16-24-11-14-30(28(31)25(24)17-27(26)33-2)19-21-10-13-29(18-21)12-9-20-7-8-22-5-3-4-6-23(22)15-20/h3-8,15-17,21H,9-14,18-19H2,1-2H3. The van der Waals surface area contributed by atoms with Crippen molar-refractivity contribution in [3.05, 3.63) is 71.3 Å². The minimum absolute atomic E-state index is 0.117. The fourth-order valence-electron chi connectivity index (χ4n) is 5.29. The Balaban J connectivity index is 1.17. The van der Waals surface area contributed by atoms with Crippen LogP contribution in [0.1, 0.15) is 27.9 Å². The van der Waals surface area contributed by atoms with E-state index < -0.39 is 0 Å². The number of ether oxygens (including phenoxy) is 2. The van der Waals surface area contributed by atoms with Crippen molar-refractivity contribution in [1.29, 1.82) is 0 Å². The van der Waals surface area contributed by atoms with Gasteiger partial charge in [0.2, 0.25) is 0 Å². The van der Waals surface area contributed by atoms with Gasteiger partial charge in [0.25, 0.3) is 5.91 Å². The zero-order valence-electron chi connectivity index (χ0n) is 19.5. The lowest BCUT2D eigenvalue weighted by Crippen LogP contribution is -2.41. The van der Waals surface area contributed by atoms with E-state index in [4.69, 9.17) is 9.47 Å². The Bertz CT molecular complexity index is 1160. The summed E-state index contributed by atoms with van der Waals surface area (Å²) in [7, 11) is 3.24. The zero-order chi connectivity index (χ0) is 22.8. The maximum atomic E-state index is 13.2. The second-order valence-electron chi connectivity index (χ2n) is 9.25. The highest BCUT2D eigenvalue weighted by Gasteiger charge is 2.30. The van der Waals surface area contributed by atoms with Gasteiger partial charge in [-0.15, -0.1) is 0 Å². The van der Waals surface area contributed by atoms with Gasteiger partial charge in [0.05, 0.1) is 14.2 Å². The number of likely N-dealkylation sites (tertiary alicyclic amines) is 1. The van der Waals surface area contributed by atoms with E-state index in [0.717, 1.165) is 63.1 Å². The number of carbonyl (C=O) groups is 1. The van der Waals surface area contributed by atoms with Gasteiger partial charge in [-0.1, -0.05) is 42.5 Å². The summed E-state index contributed by atoms with van der Waals surface area (Å²) < 4.78 is 10.8. The first-order valence-electron chi connectivity index (χ1n) is 11.9. The molecular formula is C28H32N2O3. The summed E-state index contributed by atoms with van der Waals surface area (Å²) in [6.45, 7) is 4.86. The third kappa shape index (κ3) is 4.55. The topological polar surface area (TPSA) is 42.0 Å². The fraction of sp³-hybridized carbons (Fsp3) is 0.393. The van der Waals surface area contributed by atoms with Crippen LogP contribution < -0.4 is 9.47 Å². The lowest BCUT2D eigenvalue weighted by molar-refractivity contribution is 0.0712. The summed E-state index contributed by atoms with van der Waals surface area (Å²) in [5, 5.41) is 2.61. The van der Waals surface area contributed by atoms with E-state index in [2.05, 4.69) is 47.4 Å². The predicted molar refractivity (Wildman–Crippen MR) is 131 cm³/mol. The molecule has 1 unspecified atom stereocenters. The van der Waals surface area contributed by atoms with Gasteiger partial charge in [-0.2, -0.15) is 0 Å². The van der Waals surface area contributed by atoms with Gasteiger partial charge in [0, 0.05) is 31.7 Å². The first-order chi connectivity index (χ1) is 16.1. The summed E-state index contributed by atoms with van der Waals surface area (Å²) in [4.78, 5) is 17.8. The van der Waals surface area contributed by atoms with Gasteiger partial charge >= 0.3 is 0 Å². The molecule has 2 heterocycles. The molecule has 0 spiro atoms. The summed E-state index contributed by atoms with van der Waals surface area (Å²) in [6, 6.07) is 19.1. The molecule has 172 valence electrons. The molecule has 1 atom stereocenters. The molecule has 0 aromatic heterocycles. The lowest BCUT2D eigenvalue weighted by atomic mass is 9.96. The van der Waals surface area contributed by atoms with E-state index in [9.17, 15) is 4.79 Å². The molecule has 1 fully saturated rings. The minimum Gasteiger partial charge on any atom is -0.493 e. The van der Waals surface area contributed by atoms with E-state index >= 15 is 0 Å². The van der Waals surface area contributed by atoms with Gasteiger partial charge < -0.3 is 19.3 Å². The van der Waals surface area contributed by atoms with Crippen LogP contribution in [0.25, 0.3) is 10.8 Å². The van der Waals surface area contributed by atoms with Crippen LogP contribution >= 0.6 is 0 Å². The number of hydrogen-bond donors (Lipinski definition) is 0. The molecule has 0 radical (unpaired) electrons. The number of benzene rings is 3. The molecule has 0 N–H and O–H groups in total. The van der Waals surface area contributed by atoms with Gasteiger partial charge in [0.15, 0.2) is 11.5 Å². The maximum absolute atomic E-state index is 13.2. The number of rotatable bonds is 7. The summed E-state index contributed by atoms with van der Waals surface area (Å²) >= 11 is 0. The van der Waals surface area contributed by atoms with Crippen molar-refractivity contribution >= 4 is 16.7 Å². The summed E-state index contributed by atoms with van der Waals surface area (Å²) in [5.74, 6) is 1.96. The highest BCUT2D eigenvalue weighted by atomic mass is 16.5. The fourth-order valence-corrected chi connectivity index (χ4v) is 5.29. The summed E-state index contributed by atoms with van der Waals surface area (Å²) in [6.07, 6.45) is 3.08. The Labute approximate surface area is 195 Å². The molecule has 2 aliphatic rings. The van der Waals surface area contributed by atoms with E-state index in [0.29, 0.717) is 17.4 Å². The molecule has 0 aliphatic carbocycles. The number of carbonyl (C=O) groups excluding carboxylic acids is 1. The van der Waals surface area contributed by atoms with E-state index in [1.807, 2.05) is 17.0 Å². The van der Waals surface area contributed by atoms with Crippen LogP contribution in [0.15, 0.2) is 54.6 Å². The van der Waals surface area contributed by atoms with Gasteiger partial charge in [-0.05, 0) is 65.8 Å². The van der Waals surface area contributed by atoms with Crippen molar-refractivity contribution in [2.45, 2.75) is 19.3 Å². The minimum atomic E-state index is 0.117. The quantitative estimate of drug-likeness (QED) is 0.541. The molecule has 1 saturated heterocycles. The molecule has 5 rings (SSSR count). The van der Waals surface area contributed by atoms with E-state index in [-0.39, 0.29) is 5.91 Å². The maximum Gasteiger partial charge on any atom is 0.254 e. The Morgan fingerprint density at radius 1 is 0.939 bits per heavy atom. The monoisotopic (exact) mass is 444 g/mol. The van der Waals surface area contributed by atoms with Crippen molar-refractivity contribution in [2.75, 3.05) is 46.9 Å². The molecule has 2 aliphatic heterocycles. The predicted octanol–water partition coefficient (Wildman–Crippen LogP) is 4.42.